The number of carboxylic acids is 1. The van der Waals surface area contributed by atoms with E-state index in [0.717, 1.165) is 6.42 Å². The molecule has 3 atom stereocenters. The quantitative estimate of drug-likeness (QED) is 0.656. The van der Waals surface area contributed by atoms with Crippen LogP contribution in [0.15, 0.2) is 0 Å². The van der Waals surface area contributed by atoms with Crippen LogP contribution < -0.4 is 5.73 Å². The van der Waals surface area contributed by atoms with Gasteiger partial charge in [-0.15, -0.1) is 0 Å². The zero-order valence-corrected chi connectivity index (χ0v) is 7.03. The largest absolute Gasteiger partial charge is 0.481 e. The number of carbonyl (C=O) groups excluding carboxylic acids is 1. The van der Waals surface area contributed by atoms with Crippen LogP contribution in [0.4, 0.5) is 4.79 Å². The molecule has 1 unspecified atom stereocenters. The number of ether oxygens (including phenoxy) is 1. The van der Waals surface area contributed by atoms with Crippen molar-refractivity contribution in [1.82, 2.24) is 0 Å². The average molecular weight is 185 g/mol. The van der Waals surface area contributed by atoms with Crippen LogP contribution in [0.3, 0.4) is 0 Å². The van der Waals surface area contributed by atoms with E-state index >= 15 is 0 Å². The lowest BCUT2D eigenvalue weighted by atomic mass is 9.75. The monoisotopic (exact) mass is 185 g/mol. The van der Waals surface area contributed by atoms with E-state index in [0.29, 0.717) is 6.42 Å². The standard InChI is InChI=1S/C8H11NO4/c9-7(12)13-3-8-1-4(6(10)11)5(8)2-8/h4-5H,1-3H2,(H2,9,12)(H,10,11)/t4-,5?,8-/m1/s1. The lowest BCUT2D eigenvalue weighted by molar-refractivity contribution is -0.147. The molecule has 5 heteroatoms. The van der Waals surface area contributed by atoms with Crippen molar-refractivity contribution in [2.24, 2.45) is 23.0 Å². The number of carbonyl (C=O) groups is 2. The molecule has 2 aliphatic carbocycles. The number of primary amides is 1. The van der Waals surface area contributed by atoms with Gasteiger partial charge < -0.3 is 15.6 Å². The molecule has 1 amide bonds. The van der Waals surface area contributed by atoms with E-state index < -0.39 is 12.1 Å². The van der Waals surface area contributed by atoms with Gasteiger partial charge in [-0.1, -0.05) is 0 Å². The van der Waals surface area contributed by atoms with Gasteiger partial charge in [-0.05, 0) is 18.8 Å². The number of fused-ring (bicyclic) bond motifs is 1. The highest BCUT2D eigenvalue weighted by molar-refractivity contribution is 5.73. The Hall–Kier alpha value is -1.26. The van der Waals surface area contributed by atoms with E-state index in [4.69, 9.17) is 10.8 Å². The van der Waals surface area contributed by atoms with Gasteiger partial charge in [0, 0.05) is 5.41 Å². The lowest BCUT2D eigenvalue weighted by Gasteiger charge is -2.30. The van der Waals surface area contributed by atoms with Crippen LogP contribution in [0.5, 0.6) is 0 Å². The summed E-state index contributed by atoms with van der Waals surface area (Å²) in [4.78, 5) is 20.9. The van der Waals surface area contributed by atoms with E-state index in [1.807, 2.05) is 0 Å². The Balaban J connectivity index is 1.81. The number of hydrogen-bond acceptors (Lipinski definition) is 3. The predicted octanol–water partition coefficient (Wildman–Crippen LogP) is 0.192. The first kappa shape index (κ1) is 8.34. The Kier molecular flexibility index (Phi) is 1.52. The van der Waals surface area contributed by atoms with Gasteiger partial charge in [-0.2, -0.15) is 0 Å². The fourth-order valence-electron chi connectivity index (χ4n) is 2.30. The summed E-state index contributed by atoms with van der Waals surface area (Å²) < 4.78 is 4.66. The Bertz CT molecular complexity index is 273. The maximum atomic E-state index is 10.6. The smallest absolute Gasteiger partial charge is 0.404 e. The molecule has 0 aromatic rings. The van der Waals surface area contributed by atoms with E-state index in [1.165, 1.54) is 0 Å². The molecule has 0 radical (unpaired) electrons. The number of rotatable bonds is 3. The van der Waals surface area contributed by atoms with Gasteiger partial charge in [0.25, 0.3) is 0 Å². The van der Waals surface area contributed by atoms with Gasteiger partial charge in [-0.3, -0.25) is 4.79 Å². The van der Waals surface area contributed by atoms with Crippen LogP contribution in [-0.4, -0.2) is 23.8 Å². The summed E-state index contributed by atoms with van der Waals surface area (Å²) in [7, 11) is 0. The zero-order valence-electron chi connectivity index (χ0n) is 7.03. The summed E-state index contributed by atoms with van der Waals surface area (Å²) in [6.45, 7) is 0.288. The number of amides is 1. The zero-order chi connectivity index (χ0) is 9.64. The van der Waals surface area contributed by atoms with Crippen molar-refractivity contribution in [3.8, 4) is 0 Å². The van der Waals surface area contributed by atoms with Crippen molar-refractivity contribution in [1.29, 1.82) is 0 Å². The third kappa shape index (κ3) is 1.15. The minimum absolute atomic E-state index is 0.0297. The summed E-state index contributed by atoms with van der Waals surface area (Å²) in [5.41, 5.74) is 4.78. The molecule has 0 aromatic heterocycles. The Morgan fingerprint density at radius 1 is 1.54 bits per heavy atom. The summed E-state index contributed by atoms with van der Waals surface area (Å²) in [5, 5.41) is 8.69. The van der Waals surface area contributed by atoms with Crippen LogP contribution in [0.1, 0.15) is 12.8 Å². The fraction of sp³-hybridized carbons (Fsp3) is 0.750. The highest BCUT2D eigenvalue weighted by Gasteiger charge is 2.69. The minimum atomic E-state index is -0.779. The normalized spacial score (nSPS) is 40.0. The van der Waals surface area contributed by atoms with Crippen molar-refractivity contribution in [3.05, 3.63) is 0 Å². The Morgan fingerprint density at radius 2 is 2.23 bits per heavy atom. The average Bonchev–Trinajstić information content (AvgIpc) is 2.53. The maximum absolute atomic E-state index is 10.6. The molecule has 13 heavy (non-hydrogen) atoms. The van der Waals surface area contributed by atoms with Gasteiger partial charge >= 0.3 is 12.1 Å². The summed E-state index contributed by atoms with van der Waals surface area (Å²) in [6.07, 6.45) is 0.705. The van der Waals surface area contributed by atoms with Gasteiger partial charge in [0.15, 0.2) is 0 Å². The highest BCUT2D eigenvalue weighted by Crippen LogP contribution is 2.70. The fourth-order valence-corrected chi connectivity index (χ4v) is 2.30. The van der Waals surface area contributed by atoms with Crippen molar-refractivity contribution in [3.63, 3.8) is 0 Å². The van der Waals surface area contributed by atoms with Crippen molar-refractivity contribution < 1.29 is 19.4 Å². The first-order valence-electron chi connectivity index (χ1n) is 4.20. The van der Waals surface area contributed by atoms with Crippen molar-refractivity contribution in [2.75, 3.05) is 6.61 Å². The Morgan fingerprint density at radius 3 is 2.69 bits per heavy atom. The second-order valence-corrected chi connectivity index (χ2v) is 3.93. The molecule has 2 rings (SSSR count). The van der Waals surface area contributed by atoms with Crippen LogP contribution in [-0.2, 0) is 9.53 Å². The molecule has 0 aliphatic heterocycles. The number of aliphatic carboxylic acids is 1. The maximum Gasteiger partial charge on any atom is 0.404 e. The number of nitrogens with two attached hydrogens (primary N) is 1. The molecule has 5 nitrogen and oxygen atoms in total. The minimum Gasteiger partial charge on any atom is -0.481 e. The van der Waals surface area contributed by atoms with E-state index in [9.17, 15) is 9.59 Å². The Labute approximate surface area is 74.9 Å². The first-order chi connectivity index (χ1) is 6.05. The summed E-state index contributed by atoms with van der Waals surface area (Å²) in [5.74, 6) is -0.752. The van der Waals surface area contributed by atoms with Gasteiger partial charge in [0.1, 0.15) is 0 Å². The summed E-state index contributed by atoms with van der Waals surface area (Å²) >= 11 is 0. The van der Waals surface area contributed by atoms with Gasteiger partial charge in [0.2, 0.25) is 0 Å². The van der Waals surface area contributed by atoms with Crippen LogP contribution >= 0.6 is 0 Å². The van der Waals surface area contributed by atoms with Crippen LogP contribution in [0.25, 0.3) is 0 Å². The third-order valence-electron chi connectivity index (χ3n) is 3.18. The van der Waals surface area contributed by atoms with Crippen molar-refractivity contribution in [2.45, 2.75) is 12.8 Å². The molecule has 0 saturated heterocycles. The lowest BCUT2D eigenvalue weighted by Crippen LogP contribution is -2.36. The molecule has 0 heterocycles. The molecule has 2 fully saturated rings. The highest BCUT2D eigenvalue weighted by atomic mass is 16.5. The molecular weight excluding hydrogens is 174 g/mol. The molecule has 3 N–H and O–H groups in total. The van der Waals surface area contributed by atoms with E-state index in [1.54, 1.807) is 0 Å². The molecule has 72 valence electrons. The van der Waals surface area contributed by atoms with E-state index in [2.05, 4.69) is 4.74 Å². The molecule has 2 aliphatic rings. The predicted molar refractivity (Wildman–Crippen MR) is 41.8 cm³/mol. The number of hydrogen-bond donors (Lipinski definition) is 2. The molecule has 2 saturated carbocycles. The number of carboxylic acid groups (broad SMARTS) is 1. The molecule has 0 spiro atoms. The summed E-state index contributed by atoms with van der Waals surface area (Å²) in [6, 6.07) is 0. The van der Waals surface area contributed by atoms with Gasteiger partial charge in [0.05, 0.1) is 12.5 Å². The van der Waals surface area contributed by atoms with Crippen LogP contribution in [0, 0.1) is 17.3 Å². The molecular formula is C8H11NO4. The third-order valence-corrected chi connectivity index (χ3v) is 3.18. The molecule has 0 bridgehead atoms. The van der Waals surface area contributed by atoms with E-state index in [-0.39, 0.29) is 23.9 Å². The van der Waals surface area contributed by atoms with Crippen LogP contribution in [0.2, 0.25) is 0 Å². The molecule has 0 aromatic carbocycles. The SMILES string of the molecule is NC(=O)OC[C@@]12CC1[C@H](C(=O)O)C2. The topological polar surface area (TPSA) is 89.6 Å². The second kappa shape index (κ2) is 2.37. The van der Waals surface area contributed by atoms with Gasteiger partial charge in [-0.25, -0.2) is 4.79 Å². The first-order valence-corrected chi connectivity index (χ1v) is 4.20. The second-order valence-electron chi connectivity index (χ2n) is 3.93. The van der Waals surface area contributed by atoms with Crippen molar-refractivity contribution >= 4 is 12.1 Å².